The van der Waals surface area contributed by atoms with Gasteiger partial charge in [-0.25, -0.2) is 4.39 Å². The Labute approximate surface area is 148 Å². The third-order valence-electron chi connectivity index (χ3n) is 4.91. The third-order valence-corrected chi connectivity index (χ3v) is 5.15. The van der Waals surface area contributed by atoms with E-state index in [1.54, 1.807) is 18.2 Å². The summed E-state index contributed by atoms with van der Waals surface area (Å²) in [6, 6.07) is 4.68. The van der Waals surface area contributed by atoms with Gasteiger partial charge in [-0.05, 0) is 42.5 Å². The van der Waals surface area contributed by atoms with Gasteiger partial charge in [0.15, 0.2) is 5.78 Å². The molecule has 130 valence electrons. The number of benzene rings is 1. The van der Waals surface area contributed by atoms with Crippen molar-refractivity contribution in [2.24, 2.45) is 10.8 Å². The first-order valence-electron chi connectivity index (χ1n) is 8.22. The van der Waals surface area contributed by atoms with Crippen molar-refractivity contribution in [2.75, 3.05) is 0 Å². The minimum absolute atomic E-state index is 0.000216. The lowest BCUT2D eigenvalue weighted by Crippen LogP contribution is -2.16. The first kappa shape index (κ1) is 18.9. The van der Waals surface area contributed by atoms with Gasteiger partial charge in [0.05, 0.1) is 0 Å². The molecule has 0 bridgehead atoms. The molecule has 0 saturated heterocycles. The lowest BCUT2D eigenvalue weighted by atomic mass is 9.88. The summed E-state index contributed by atoms with van der Waals surface area (Å²) in [4.78, 5) is 22.5. The number of ketones is 2. The summed E-state index contributed by atoms with van der Waals surface area (Å²) >= 11 is 5.70. The molecule has 2 aliphatic carbocycles. The summed E-state index contributed by atoms with van der Waals surface area (Å²) in [7, 11) is 0. The molecule has 3 rings (SSSR count). The van der Waals surface area contributed by atoms with Crippen LogP contribution in [0.2, 0.25) is 5.02 Å². The summed E-state index contributed by atoms with van der Waals surface area (Å²) in [5, 5.41) is 0.393. The van der Waals surface area contributed by atoms with Gasteiger partial charge in [-0.15, -0.1) is 0 Å². The molecule has 0 spiro atoms. The maximum Gasteiger partial charge on any atom is 0.161 e. The van der Waals surface area contributed by atoms with Gasteiger partial charge in [-0.2, -0.15) is 0 Å². The zero-order valence-corrected chi connectivity index (χ0v) is 15.4. The van der Waals surface area contributed by atoms with Crippen molar-refractivity contribution in [1.29, 1.82) is 0 Å². The van der Waals surface area contributed by atoms with Crippen LogP contribution < -0.4 is 0 Å². The predicted octanol–water partition coefficient (Wildman–Crippen LogP) is 5.49. The zero-order chi connectivity index (χ0) is 18.1. The van der Waals surface area contributed by atoms with Crippen LogP contribution in [0.4, 0.5) is 4.39 Å². The van der Waals surface area contributed by atoms with Crippen molar-refractivity contribution < 1.29 is 14.0 Å². The van der Waals surface area contributed by atoms with E-state index in [1.807, 2.05) is 33.8 Å². The molecular weight excluding hydrogens is 327 g/mol. The maximum atomic E-state index is 13.7. The molecule has 1 fully saturated rings. The van der Waals surface area contributed by atoms with Crippen molar-refractivity contribution >= 4 is 23.2 Å². The molecule has 0 N–H and O–H groups in total. The molecular formula is C20H24ClFO2. The zero-order valence-electron chi connectivity index (χ0n) is 14.7. The highest BCUT2D eigenvalue weighted by Gasteiger charge is 2.40. The highest BCUT2D eigenvalue weighted by atomic mass is 35.5. The molecule has 1 unspecified atom stereocenters. The summed E-state index contributed by atoms with van der Waals surface area (Å²) in [5.41, 5.74) is 0.194. The summed E-state index contributed by atoms with van der Waals surface area (Å²) in [6.45, 7) is 7.77. The van der Waals surface area contributed by atoms with Gasteiger partial charge in [-0.3, -0.25) is 9.59 Å². The van der Waals surface area contributed by atoms with E-state index in [0.717, 1.165) is 6.42 Å². The van der Waals surface area contributed by atoms with Crippen LogP contribution in [-0.2, 0) is 9.59 Å². The second-order valence-corrected chi connectivity index (χ2v) is 8.37. The van der Waals surface area contributed by atoms with Gasteiger partial charge >= 0.3 is 0 Å². The fourth-order valence-corrected chi connectivity index (χ4v) is 3.30. The first-order chi connectivity index (χ1) is 11.0. The van der Waals surface area contributed by atoms with Crippen molar-refractivity contribution in [3.05, 3.63) is 46.8 Å². The average molecular weight is 351 g/mol. The Morgan fingerprint density at radius 2 is 1.79 bits per heavy atom. The number of carbonyl (C=O) groups excluding carboxylic acids is 2. The second kappa shape index (κ2) is 6.79. The molecule has 0 aliphatic heterocycles. The van der Waals surface area contributed by atoms with Crippen LogP contribution in [0.1, 0.15) is 58.4 Å². The fourth-order valence-electron chi connectivity index (χ4n) is 3.14. The van der Waals surface area contributed by atoms with Gasteiger partial charge in [-0.1, -0.05) is 51.4 Å². The quantitative estimate of drug-likeness (QED) is 0.670. The summed E-state index contributed by atoms with van der Waals surface area (Å²) < 4.78 is 13.7. The van der Waals surface area contributed by atoms with Crippen LogP contribution in [0.3, 0.4) is 0 Å². The van der Waals surface area contributed by atoms with E-state index in [1.165, 1.54) is 6.07 Å². The monoisotopic (exact) mass is 350 g/mol. The Morgan fingerprint density at radius 1 is 1.12 bits per heavy atom. The first-order valence-corrected chi connectivity index (χ1v) is 8.60. The highest BCUT2D eigenvalue weighted by Crippen LogP contribution is 2.44. The van der Waals surface area contributed by atoms with Gasteiger partial charge in [0, 0.05) is 22.3 Å². The molecule has 24 heavy (non-hydrogen) atoms. The Bertz CT molecular complexity index is 689. The van der Waals surface area contributed by atoms with Crippen LogP contribution in [-0.4, -0.2) is 11.6 Å². The SMILES string of the molecule is CC1(C)CC(c2ccc(Cl)cc2F)CC1=O.CC1(C)CC=CC1=O. The second-order valence-electron chi connectivity index (χ2n) is 7.93. The van der Waals surface area contributed by atoms with Gasteiger partial charge in [0.25, 0.3) is 0 Å². The molecule has 1 saturated carbocycles. The number of rotatable bonds is 1. The largest absolute Gasteiger partial charge is 0.299 e. The lowest BCUT2D eigenvalue weighted by Gasteiger charge is -2.16. The minimum Gasteiger partial charge on any atom is -0.299 e. The third kappa shape index (κ3) is 4.13. The number of hydrogen-bond donors (Lipinski definition) is 0. The van der Waals surface area contributed by atoms with E-state index in [4.69, 9.17) is 11.6 Å². The topological polar surface area (TPSA) is 34.1 Å². The molecule has 0 aromatic heterocycles. The molecule has 1 atom stereocenters. The van der Waals surface area contributed by atoms with E-state index in [-0.39, 0.29) is 34.1 Å². The van der Waals surface area contributed by atoms with Gasteiger partial charge < -0.3 is 0 Å². The van der Waals surface area contributed by atoms with Crippen molar-refractivity contribution in [3.63, 3.8) is 0 Å². The predicted molar refractivity (Wildman–Crippen MR) is 94.7 cm³/mol. The minimum atomic E-state index is -0.323. The molecule has 1 aromatic carbocycles. The molecule has 2 nitrogen and oxygen atoms in total. The number of halogens is 2. The molecule has 0 amide bonds. The average Bonchev–Trinajstić information content (AvgIpc) is 2.89. The standard InChI is InChI=1S/C13H14ClFO.C7H10O/c1-13(2)7-8(5-12(13)16)10-4-3-9(14)6-11(10)15;1-7(2)5-3-4-6(7)8/h3-4,6,8H,5,7H2,1-2H3;3-4H,5H2,1-2H3. The Kier molecular flexibility index (Phi) is 5.34. The van der Waals surface area contributed by atoms with Crippen molar-refractivity contribution in [3.8, 4) is 0 Å². The van der Waals surface area contributed by atoms with Crippen LogP contribution in [0.15, 0.2) is 30.4 Å². The van der Waals surface area contributed by atoms with Crippen LogP contribution in [0, 0.1) is 16.6 Å². The van der Waals surface area contributed by atoms with Crippen LogP contribution in [0.5, 0.6) is 0 Å². The molecule has 0 radical (unpaired) electrons. The van der Waals surface area contributed by atoms with Crippen molar-refractivity contribution in [2.45, 2.75) is 52.9 Å². The number of Topliss-reactive ketones (excluding diaryl/α,β-unsaturated/α-hetero) is 1. The van der Waals surface area contributed by atoms with E-state index in [0.29, 0.717) is 23.4 Å². The lowest BCUT2D eigenvalue weighted by molar-refractivity contribution is -0.124. The normalized spacial score (nSPS) is 24.0. The van der Waals surface area contributed by atoms with Gasteiger partial charge in [0.1, 0.15) is 11.6 Å². The van der Waals surface area contributed by atoms with E-state index in [9.17, 15) is 14.0 Å². The smallest absolute Gasteiger partial charge is 0.161 e. The van der Waals surface area contributed by atoms with Crippen LogP contribution >= 0.6 is 11.6 Å². The Morgan fingerprint density at radius 3 is 2.17 bits per heavy atom. The Hall–Kier alpha value is -1.48. The number of hydrogen-bond acceptors (Lipinski definition) is 2. The van der Waals surface area contributed by atoms with E-state index in [2.05, 4.69) is 0 Å². The van der Waals surface area contributed by atoms with E-state index < -0.39 is 0 Å². The molecule has 4 heteroatoms. The fraction of sp³-hybridized carbons (Fsp3) is 0.500. The summed E-state index contributed by atoms with van der Waals surface area (Å²) in [5.74, 6) is 0.173. The Balaban J connectivity index is 0.000000219. The van der Waals surface area contributed by atoms with Gasteiger partial charge in [0.2, 0.25) is 0 Å². The molecule has 1 aromatic rings. The number of allylic oxidation sites excluding steroid dienone is 2. The van der Waals surface area contributed by atoms with Crippen molar-refractivity contribution in [1.82, 2.24) is 0 Å². The number of carbonyl (C=O) groups is 2. The maximum absolute atomic E-state index is 13.7. The van der Waals surface area contributed by atoms with E-state index >= 15 is 0 Å². The summed E-state index contributed by atoms with van der Waals surface area (Å²) in [6.07, 6.45) is 5.66. The highest BCUT2D eigenvalue weighted by molar-refractivity contribution is 6.30. The van der Waals surface area contributed by atoms with Crippen LogP contribution in [0.25, 0.3) is 0 Å². The molecule has 2 aliphatic rings. The molecule has 0 heterocycles.